The third-order valence-electron chi connectivity index (χ3n) is 4.81. The number of fused-ring (bicyclic) bond motifs is 2. The molecule has 0 heterocycles. The smallest absolute Gasteiger partial charge is 0.166 e. The highest BCUT2D eigenvalue weighted by molar-refractivity contribution is 5.99. The molecule has 2 aliphatic rings. The first-order valence-electron chi connectivity index (χ1n) is 6.97. The minimum atomic E-state index is -0.315. The van der Waals surface area contributed by atoms with Crippen LogP contribution in [0.4, 0.5) is 4.39 Å². The quantitative estimate of drug-likeness (QED) is 0.666. The molecule has 2 heteroatoms. The van der Waals surface area contributed by atoms with E-state index in [9.17, 15) is 9.18 Å². The number of hydrogen-bond acceptors (Lipinski definition) is 1. The van der Waals surface area contributed by atoms with Crippen LogP contribution >= 0.6 is 0 Å². The number of rotatable bonds is 0. The fourth-order valence-electron chi connectivity index (χ4n) is 3.97. The Balaban J connectivity index is 2.21. The average Bonchev–Trinajstić information content (AvgIpc) is 2.38. The Kier molecular flexibility index (Phi) is 2.76. The maximum Gasteiger partial charge on any atom is 0.166 e. The molecule has 1 aromatic rings. The van der Waals surface area contributed by atoms with Gasteiger partial charge in [-0.2, -0.15) is 0 Å². The lowest BCUT2D eigenvalue weighted by atomic mass is 9.61. The Morgan fingerprint density at radius 2 is 1.83 bits per heavy atom. The minimum absolute atomic E-state index is 0.00222. The summed E-state index contributed by atoms with van der Waals surface area (Å²) in [5, 5.41) is 0. The maximum atomic E-state index is 14.0. The third-order valence-corrected chi connectivity index (χ3v) is 4.81. The molecule has 1 nitrogen and oxygen atoms in total. The summed E-state index contributed by atoms with van der Waals surface area (Å²) in [7, 11) is 0. The van der Waals surface area contributed by atoms with Crippen molar-refractivity contribution in [2.45, 2.75) is 57.3 Å². The highest BCUT2D eigenvalue weighted by Crippen LogP contribution is 2.48. The lowest BCUT2D eigenvalue weighted by Crippen LogP contribution is -2.36. The molecular formula is C16H19FO. The van der Waals surface area contributed by atoms with Crippen molar-refractivity contribution < 1.29 is 9.18 Å². The van der Waals surface area contributed by atoms with Gasteiger partial charge in [0.05, 0.1) is 5.56 Å². The Morgan fingerprint density at radius 1 is 1.11 bits per heavy atom. The maximum absolute atomic E-state index is 14.0. The summed E-state index contributed by atoms with van der Waals surface area (Å²) in [6, 6.07) is 3.29. The van der Waals surface area contributed by atoms with Crippen molar-refractivity contribution in [2.24, 2.45) is 0 Å². The fraction of sp³-hybridized carbons (Fsp3) is 0.562. The molecule has 0 aliphatic heterocycles. The van der Waals surface area contributed by atoms with Gasteiger partial charge in [-0.3, -0.25) is 4.79 Å². The molecule has 1 spiro atoms. The van der Waals surface area contributed by atoms with E-state index in [2.05, 4.69) is 0 Å². The minimum Gasteiger partial charge on any atom is -0.294 e. The lowest BCUT2D eigenvalue weighted by molar-refractivity contribution is 0.0933. The molecule has 1 fully saturated rings. The highest BCUT2D eigenvalue weighted by atomic mass is 19.1. The summed E-state index contributed by atoms with van der Waals surface area (Å²) in [5.41, 5.74) is 2.64. The normalized spacial score (nSPS) is 22.0. The number of aryl methyl sites for hydroxylation is 1. The van der Waals surface area contributed by atoms with E-state index in [1.165, 1.54) is 25.3 Å². The van der Waals surface area contributed by atoms with Crippen LogP contribution in [0.3, 0.4) is 0 Å². The largest absolute Gasteiger partial charge is 0.294 e. The van der Waals surface area contributed by atoms with E-state index in [0.717, 1.165) is 30.4 Å². The average molecular weight is 246 g/mol. The van der Waals surface area contributed by atoms with Crippen molar-refractivity contribution in [2.75, 3.05) is 0 Å². The molecule has 3 rings (SSSR count). The molecule has 1 saturated carbocycles. The van der Waals surface area contributed by atoms with Crippen LogP contribution in [-0.4, -0.2) is 5.78 Å². The molecule has 0 N–H and O–H groups in total. The highest BCUT2D eigenvalue weighted by Gasteiger charge is 2.42. The van der Waals surface area contributed by atoms with Crippen LogP contribution in [-0.2, 0) is 5.41 Å². The number of carbonyl (C=O) groups is 1. The van der Waals surface area contributed by atoms with E-state index >= 15 is 0 Å². The van der Waals surface area contributed by atoms with Crippen LogP contribution in [0, 0.1) is 12.7 Å². The molecule has 0 atom stereocenters. The molecular weight excluding hydrogens is 227 g/mol. The van der Waals surface area contributed by atoms with Gasteiger partial charge in [0, 0.05) is 6.42 Å². The SMILES string of the molecule is Cc1ccc(F)c2c1C1(CCCCC1)CCC2=O. The third kappa shape index (κ3) is 1.62. The second-order valence-electron chi connectivity index (χ2n) is 5.88. The van der Waals surface area contributed by atoms with Crippen LogP contribution in [0.15, 0.2) is 12.1 Å². The van der Waals surface area contributed by atoms with E-state index < -0.39 is 0 Å². The molecule has 0 bridgehead atoms. The van der Waals surface area contributed by atoms with Crippen LogP contribution in [0.25, 0.3) is 0 Å². The van der Waals surface area contributed by atoms with E-state index in [1.54, 1.807) is 0 Å². The predicted octanol–water partition coefficient (Wildman–Crippen LogP) is 4.31. The molecule has 0 aromatic heterocycles. The zero-order valence-corrected chi connectivity index (χ0v) is 10.9. The Hall–Kier alpha value is -1.18. The van der Waals surface area contributed by atoms with Gasteiger partial charge in [-0.15, -0.1) is 0 Å². The van der Waals surface area contributed by atoms with Crippen LogP contribution in [0.2, 0.25) is 0 Å². The second-order valence-corrected chi connectivity index (χ2v) is 5.88. The molecule has 1 aromatic carbocycles. The number of ketones is 1. The first-order valence-corrected chi connectivity index (χ1v) is 6.97. The summed E-state index contributed by atoms with van der Waals surface area (Å²) in [5.74, 6) is -0.312. The summed E-state index contributed by atoms with van der Waals surface area (Å²) in [4.78, 5) is 12.0. The molecule has 2 aliphatic carbocycles. The van der Waals surface area contributed by atoms with Gasteiger partial charge >= 0.3 is 0 Å². The zero-order valence-electron chi connectivity index (χ0n) is 10.9. The fourth-order valence-corrected chi connectivity index (χ4v) is 3.97. The van der Waals surface area contributed by atoms with Crippen molar-refractivity contribution in [3.8, 4) is 0 Å². The predicted molar refractivity (Wildman–Crippen MR) is 69.5 cm³/mol. The standard InChI is InChI=1S/C16H19FO/c1-11-5-6-12(17)14-13(18)7-10-16(15(11)14)8-3-2-4-9-16/h5-6H,2-4,7-10H2,1H3. The molecule has 0 saturated heterocycles. The summed E-state index contributed by atoms with van der Waals surface area (Å²) < 4.78 is 14.0. The van der Waals surface area contributed by atoms with Gasteiger partial charge in [-0.1, -0.05) is 25.3 Å². The van der Waals surface area contributed by atoms with Gasteiger partial charge in [0.1, 0.15) is 5.82 Å². The van der Waals surface area contributed by atoms with Gasteiger partial charge in [0.15, 0.2) is 5.78 Å². The van der Waals surface area contributed by atoms with Gasteiger partial charge in [-0.25, -0.2) is 4.39 Å². The molecule has 0 radical (unpaired) electrons. The number of halogens is 1. The van der Waals surface area contributed by atoms with Crippen LogP contribution in [0.1, 0.15) is 66.4 Å². The van der Waals surface area contributed by atoms with Crippen LogP contribution < -0.4 is 0 Å². The Morgan fingerprint density at radius 3 is 2.56 bits per heavy atom. The summed E-state index contributed by atoms with van der Waals surface area (Å²) in [6.45, 7) is 2.02. The number of benzene rings is 1. The first-order chi connectivity index (χ1) is 8.64. The zero-order chi connectivity index (χ0) is 12.8. The van der Waals surface area contributed by atoms with Gasteiger partial charge in [0.25, 0.3) is 0 Å². The second kappa shape index (κ2) is 4.18. The number of carbonyl (C=O) groups excluding carboxylic acids is 1. The van der Waals surface area contributed by atoms with Crippen molar-refractivity contribution in [1.29, 1.82) is 0 Å². The first kappa shape index (κ1) is 11.9. The van der Waals surface area contributed by atoms with E-state index in [0.29, 0.717) is 12.0 Å². The van der Waals surface area contributed by atoms with Crippen molar-refractivity contribution >= 4 is 5.78 Å². The topological polar surface area (TPSA) is 17.1 Å². The van der Waals surface area contributed by atoms with E-state index in [-0.39, 0.29) is 17.0 Å². The Bertz CT molecular complexity index is 498. The molecule has 18 heavy (non-hydrogen) atoms. The van der Waals surface area contributed by atoms with E-state index in [4.69, 9.17) is 0 Å². The van der Waals surface area contributed by atoms with Gasteiger partial charge < -0.3 is 0 Å². The monoisotopic (exact) mass is 246 g/mol. The molecule has 0 amide bonds. The van der Waals surface area contributed by atoms with Crippen molar-refractivity contribution in [3.05, 3.63) is 34.6 Å². The summed E-state index contributed by atoms with van der Waals surface area (Å²) in [6.07, 6.45) is 7.39. The molecule has 96 valence electrons. The summed E-state index contributed by atoms with van der Waals surface area (Å²) >= 11 is 0. The van der Waals surface area contributed by atoms with E-state index in [1.807, 2.05) is 13.0 Å². The number of Topliss-reactive ketones (excluding diaryl/α,β-unsaturated/α-hetero) is 1. The van der Waals surface area contributed by atoms with Crippen molar-refractivity contribution in [3.63, 3.8) is 0 Å². The lowest BCUT2D eigenvalue weighted by Gasteiger charge is -2.42. The molecule has 0 unspecified atom stereocenters. The Labute approximate surface area is 107 Å². The van der Waals surface area contributed by atoms with Crippen molar-refractivity contribution in [1.82, 2.24) is 0 Å². The number of hydrogen-bond donors (Lipinski definition) is 0. The van der Waals surface area contributed by atoms with Gasteiger partial charge in [0.2, 0.25) is 0 Å². The van der Waals surface area contributed by atoms with Gasteiger partial charge in [-0.05, 0) is 48.8 Å². The van der Waals surface area contributed by atoms with Crippen LogP contribution in [0.5, 0.6) is 0 Å².